The van der Waals surface area contributed by atoms with Gasteiger partial charge in [-0.15, -0.1) is 5.10 Å². The van der Waals surface area contributed by atoms with Gasteiger partial charge in [0.2, 0.25) is 0 Å². The first kappa shape index (κ1) is 22.7. The van der Waals surface area contributed by atoms with E-state index in [9.17, 15) is 4.79 Å². The Hall–Kier alpha value is -3.79. The lowest BCUT2D eigenvalue weighted by Gasteiger charge is -2.40. The lowest BCUT2D eigenvalue weighted by molar-refractivity contribution is 0.102. The average molecular weight is 486 g/mol. The number of aromatic nitrogens is 6. The Balaban J connectivity index is 1.25. The fourth-order valence-corrected chi connectivity index (χ4v) is 5.31. The summed E-state index contributed by atoms with van der Waals surface area (Å²) < 4.78 is 3.30. The summed E-state index contributed by atoms with van der Waals surface area (Å²) in [6.07, 6.45) is 13.5. The number of hydrogen-bond acceptors (Lipinski definition) is 7. The Morgan fingerprint density at radius 2 is 1.83 bits per heavy atom. The van der Waals surface area contributed by atoms with Crippen LogP contribution in [-0.2, 0) is 0 Å². The molecule has 1 aliphatic heterocycles. The molecule has 4 aromatic heterocycles. The van der Waals surface area contributed by atoms with E-state index >= 15 is 0 Å². The third-order valence-electron chi connectivity index (χ3n) is 7.30. The fourth-order valence-electron chi connectivity index (χ4n) is 5.31. The summed E-state index contributed by atoms with van der Waals surface area (Å²) in [6.45, 7) is 5.91. The molecule has 0 radical (unpaired) electrons. The van der Waals surface area contributed by atoms with Crippen molar-refractivity contribution in [1.29, 1.82) is 0 Å². The van der Waals surface area contributed by atoms with Crippen molar-refractivity contribution in [2.24, 2.45) is 0 Å². The molecule has 10 nitrogen and oxygen atoms in total. The van der Waals surface area contributed by atoms with Gasteiger partial charge in [-0.1, -0.05) is 25.3 Å². The number of carbonyl (C=O) groups excluding carboxylic acids is 1. The van der Waals surface area contributed by atoms with Gasteiger partial charge in [0.05, 0.1) is 6.20 Å². The number of carbonyl (C=O) groups is 1. The number of rotatable bonds is 5. The van der Waals surface area contributed by atoms with Crippen LogP contribution in [0.5, 0.6) is 0 Å². The lowest BCUT2D eigenvalue weighted by atomic mass is 9.94. The SMILES string of the molecule is Cc1ccc(-n2nc(N3CCN(C4CCCCC4)CC3)cc2NC(=O)c2cnn3cccnc23)nc1. The number of anilines is 2. The maximum atomic E-state index is 13.2. The van der Waals surface area contributed by atoms with E-state index in [1.165, 1.54) is 38.3 Å². The number of nitrogens with zero attached hydrogens (tertiary/aromatic N) is 8. The summed E-state index contributed by atoms with van der Waals surface area (Å²) in [4.78, 5) is 27.1. The molecule has 0 spiro atoms. The highest BCUT2D eigenvalue weighted by Crippen LogP contribution is 2.27. The predicted molar refractivity (Wildman–Crippen MR) is 138 cm³/mol. The Labute approximate surface area is 209 Å². The number of fused-ring (bicyclic) bond motifs is 1. The molecule has 6 rings (SSSR count). The molecule has 0 atom stereocenters. The Morgan fingerprint density at radius 3 is 2.61 bits per heavy atom. The van der Waals surface area contributed by atoms with Gasteiger partial charge in [-0.05, 0) is 37.5 Å². The zero-order chi connectivity index (χ0) is 24.5. The fraction of sp³-hybridized carbons (Fsp3) is 0.423. The number of nitrogens with one attached hydrogen (secondary N) is 1. The van der Waals surface area contributed by atoms with Crippen LogP contribution in [0.2, 0.25) is 0 Å². The average Bonchev–Trinajstić information content (AvgIpc) is 3.54. The molecule has 1 N–H and O–H groups in total. The van der Waals surface area contributed by atoms with E-state index in [-0.39, 0.29) is 5.91 Å². The van der Waals surface area contributed by atoms with Crippen LogP contribution >= 0.6 is 0 Å². The quantitative estimate of drug-likeness (QED) is 0.463. The minimum Gasteiger partial charge on any atom is -0.353 e. The van der Waals surface area contributed by atoms with E-state index in [4.69, 9.17) is 5.10 Å². The molecule has 1 saturated heterocycles. The first-order chi connectivity index (χ1) is 17.7. The number of aryl methyl sites for hydroxylation is 1. The smallest absolute Gasteiger partial charge is 0.262 e. The molecule has 186 valence electrons. The molecule has 0 bridgehead atoms. The molecule has 0 unspecified atom stereocenters. The van der Waals surface area contributed by atoms with Gasteiger partial charge in [0.1, 0.15) is 11.4 Å². The lowest BCUT2D eigenvalue weighted by Crippen LogP contribution is -2.51. The van der Waals surface area contributed by atoms with Crippen molar-refractivity contribution in [2.75, 3.05) is 36.4 Å². The van der Waals surface area contributed by atoms with Crippen LogP contribution < -0.4 is 10.2 Å². The Kier molecular flexibility index (Phi) is 6.10. The van der Waals surface area contributed by atoms with Crippen LogP contribution in [0.4, 0.5) is 11.6 Å². The topological polar surface area (TPSA) is 96.5 Å². The maximum Gasteiger partial charge on any atom is 0.262 e. The molecule has 1 saturated carbocycles. The second kappa shape index (κ2) is 9.69. The van der Waals surface area contributed by atoms with Gasteiger partial charge in [-0.3, -0.25) is 9.69 Å². The normalized spacial score (nSPS) is 17.5. The Morgan fingerprint density at radius 1 is 1.00 bits per heavy atom. The van der Waals surface area contributed by atoms with Gasteiger partial charge in [0, 0.05) is 56.9 Å². The van der Waals surface area contributed by atoms with Gasteiger partial charge in [-0.2, -0.15) is 9.78 Å². The van der Waals surface area contributed by atoms with Crippen LogP contribution in [0.25, 0.3) is 11.5 Å². The summed E-state index contributed by atoms with van der Waals surface area (Å²) in [5, 5.41) is 12.1. The number of hydrogen-bond donors (Lipinski definition) is 1. The summed E-state index contributed by atoms with van der Waals surface area (Å²) in [5.74, 6) is 1.77. The van der Waals surface area contributed by atoms with E-state index in [1.807, 2.05) is 25.1 Å². The van der Waals surface area contributed by atoms with Crippen molar-refractivity contribution in [3.63, 3.8) is 0 Å². The van der Waals surface area contributed by atoms with Crippen molar-refractivity contribution in [3.8, 4) is 5.82 Å². The largest absolute Gasteiger partial charge is 0.353 e. The maximum absolute atomic E-state index is 13.2. The van der Waals surface area contributed by atoms with Crippen molar-refractivity contribution in [1.82, 2.24) is 34.3 Å². The molecule has 4 aromatic rings. The van der Waals surface area contributed by atoms with Crippen molar-refractivity contribution in [3.05, 3.63) is 60.2 Å². The van der Waals surface area contributed by atoms with E-state index in [0.29, 0.717) is 22.8 Å². The van der Waals surface area contributed by atoms with Gasteiger partial charge < -0.3 is 10.2 Å². The molecule has 5 heterocycles. The van der Waals surface area contributed by atoms with E-state index < -0.39 is 0 Å². The predicted octanol–water partition coefficient (Wildman–Crippen LogP) is 3.33. The molecular weight excluding hydrogens is 454 g/mol. The molecule has 2 aliphatic rings. The molecule has 10 heteroatoms. The van der Waals surface area contributed by atoms with Crippen molar-refractivity contribution >= 4 is 23.2 Å². The van der Waals surface area contributed by atoms with Gasteiger partial charge in [0.15, 0.2) is 17.3 Å². The molecule has 0 aromatic carbocycles. The zero-order valence-electron chi connectivity index (χ0n) is 20.5. The summed E-state index contributed by atoms with van der Waals surface area (Å²) in [6, 6.07) is 8.35. The third-order valence-corrected chi connectivity index (χ3v) is 7.30. The van der Waals surface area contributed by atoms with E-state index in [1.54, 1.807) is 33.9 Å². The molecular formula is C26H31N9O. The molecule has 1 aliphatic carbocycles. The standard InChI is InChI=1S/C26H31N9O/c1-19-8-9-22(28-17-19)35-23(30-26(36)21-18-29-34-11-5-10-27-25(21)34)16-24(31-35)33-14-12-32(13-15-33)20-6-3-2-4-7-20/h5,8-11,16-18,20H,2-4,6-7,12-15H2,1H3,(H,30,36). The summed E-state index contributed by atoms with van der Waals surface area (Å²) in [5.41, 5.74) is 1.98. The highest BCUT2D eigenvalue weighted by Gasteiger charge is 2.27. The Bertz CT molecular complexity index is 1350. The van der Waals surface area contributed by atoms with Crippen LogP contribution in [0, 0.1) is 6.92 Å². The highest BCUT2D eigenvalue weighted by molar-refractivity contribution is 6.08. The number of pyridine rings is 1. The second-order valence-corrected chi connectivity index (χ2v) is 9.71. The van der Waals surface area contributed by atoms with Crippen molar-refractivity contribution < 1.29 is 4.79 Å². The highest BCUT2D eigenvalue weighted by atomic mass is 16.1. The van der Waals surface area contributed by atoms with Crippen LogP contribution in [0.1, 0.15) is 48.0 Å². The molecule has 2 fully saturated rings. The summed E-state index contributed by atoms with van der Waals surface area (Å²) >= 11 is 0. The van der Waals surface area contributed by atoms with Gasteiger partial charge in [-0.25, -0.2) is 14.5 Å². The van der Waals surface area contributed by atoms with Gasteiger partial charge in [0.25, 0.3) is 5.91 Å². The second-order valence-electron chi connectivity index (χ2n) is 9.71. The molecule has 1 amide bonds. The zero-order valence-corrected chi connectivity index (χ0v) is 20.5. The van der Waals surface area contributed by atoms with E-state index in [0.717, 1.165) is 43.6 Å². The minimum absolute atomic E-state index is 0.286. The van der Waals surface area contributed by atoms with Crippen molar-refractivity contribution in [2.45, 2.75) is 45.1 Å². The van der Waals surface area contributed by atoms with E-state index in [2.05, 4.69) is 30.2 Å². The summed E-state index contributed by atoms with van der Waals surface area (Å²) in [7, 11) is 0. The van der Waals surface area contributed by atoms with Crippen LogP contribution in [0.15, 0.2) is 49.1 Å². The molecule has 36 heavy (non-hydrogen) atoms. The minimum atomic E-state index is -0.286. The third kappa shape index (κ3) is 4.44. The van der Waals surface area contributed by atoms with Crippen LogP contribution in [0.3, 0.4) is 0 Å². The first-order valence-electron chi connectivity index (χ1n) is 12.8. The van der Waals surface area contributed by atoms with Crippen LogP contribution in [-0.4, -0.2) is 72.4 Å². The first-order valence-corrected chi connectivity index (χ1v) is 12.8. The monoisotopic (exact) mass is 485 g/mol. The van der Waals surface area contributed by atoms with Gasteiger partial charge >= 0.3 is 0 Å². The number of piperazine rings is 1. The number of amides is 1.